The van der Waals surface area contributed by atoms with Crippen LogP contribution in [0.3, 0.4) is 0 Å². The molecule has 1 amide bonds. The van der Waals surface area contributed by atoms with E-state index in [1.807, 2.05) is 23.1 Å². The van der Waals surface area contributed by atoms with E-state index in [0.29, 0.717) is 25.6 Å². The van der Waals surface area contributed by atoms with Gasteiger partial charge in [-0.2, -0.15) is 0 Å². The van der Waals surface area contributed by atoms with Gasteiger partial charge < -0.3 is 15.0 Å². The molecule has 5 heteroatoms. The van der Waals surface area contributed by atoms with Crippen molar-refractivity contribution in [3.05, 3.63) is 30.1 Å². The molecule has 2 atom stereocenters. The van der Waals surface area contributed by atoms with Gasteiger partial charge in [-0.1, -0.05) is 13.0 Å². The highest BCUT2D eigenvalue weighted by Gasteiger charge is 2.28. The predicted molar refractivity (Wildman–Crippen MR) is 81.7 cm³/mol. The Kier molecular flexibility index (Phi) is 6.14. The smallest absolute Gasteiger partial charge is 0.240 e. The third-order valence-corrected chi connectivity index (χ3v) is 3.92. The maximum absolute atomic E-state index is 12.7. The Balaban J connectivity index is 2.02. The number of rotatable bonds is 6. The van der Waals surface area contributed by atoms with Crippen LogP contribution in [0.2, 0.25) is 0 Å². The number of carbonyl (C=O) groups excluding carboxylic acids is 1. The molecule has 1 aromatic rings. The minimum atomic E-state index is -0.0747. The van der Waals surface area contributed by atoms with Gasteiger partial charge in [0, 0.05) is 19.9 Å². The van der Waals surface area contributed by atoms with E-state index in [0.717, 1.165) is 25.1 Å². The monoisotopic (exact) mass is 291 g/mol. The first-order valence-electron chi connectivity index (χ1n) is 7.61. The summed E-state index contributed by atoms with van der Waals surface area (Å²) in [5, 5.41) is 3.34. The fraction of sp³-hybridized carbons (Fsp3) is 0.625. The van der Waals surface area contributed by atoms with Crippen LogP contribution < -0.4 is 5.32 Å². The van der Waals surface area contributed by atoms with E-state index in [1.165, 1.54) is 0 Å². The summed E-state index contributed by atoms with van der Waals surface area (Å²) in [5.74, 6) is 0.753. The first kappa shape index (κ1) is 15.9. The Hall–Kier alpha value is -1.46. The molecular formula is C16H25N3O2. The van der Waals surface area contributed by atoms with Crippen LogP contribution in [0, 0.1) is 5.92 Å². The Labute approximate surface area is 126 Å². The van der Waals surface area contributed by atoms with Crippen LogP contribution in [0.5, 0.6) is 0 Å². The largest absolute Gasteiger partial charge is 0.383 e. The molecule has 2 heterocycles. The van der Waals surface area contributed by atoms with Crippen LogP contribution in [0.15, 0.2) is 24.4 Å². The van der Waals surface area contributed by atoms with E-state index < -0.39 is 0 Å². The maximum atomic E-state index is 12.7. The summed E-state index contributed by atoms with van der Waals surface area (Å²) in [6, 6.07) is 5.70. The van der Waals surface area contributed by atoms with Crippen molar-refractivity contribution in [1.82, 2.24) is 15.2 Å². The Morgan fingerprint density at radius 2 is 2.38 bits per heavy atom. The van der Waals surface area contributed by atoms with E-state index in [1.54, 1.807) is 13.3 Å². The van der Waals surface area contributed by atoms with Crippen molar-refractivity contribution in [2.75, 3.05) is 26.8 Å². The quantitative estimate of drug-likeness (QED) is 0.862. The first-order valence-corrected chi connectivity index (χ1v) is 7.61. The molecule has 1 aliphatic rings. The lowest BCUT2D eigenvalue weighted by atomic mass is 9.93. The molecular weight excluding hydrogens is 266 g/mol. The Bertz CT molecular complexity index is 438. The molecule has 2 unspecified atom stereocenters. The molecule has 116 valence electrons. The number of carbonyl (C=O) groups is 1. The molecule has 1 saturated heterocycles. The normalized spacial score (nSPS) is 22.0. The van der Waals surface area contributed by atoms with Crippen molar-refractivity contribution < 1.29 is 9.53 Å². The van der Waals surface area contributed by atoms with Crippen molar-refractivity contribution in [1.29, 1.82) is 0 Å². The van der Waals surface area contributed by atoms with Crippen molar-refractivity contribution in [3.8, 4) is 0 Å². The van der Waals surface area contributed by atoms with Crippen LogP contribution >= 0.6 is 0 Å². The van der Waals surface area contributed by atoms with Gasteiger partial charge in [0.15, 0.2) is 0 Å². The zero-order valence-electron chi connectivity index (χ0n) is 12.9. The first-order chi connectivity index (χ1) is 10.2. The van der Waals surface area contributed by atoms with Gasteiger partial charge in [0.1, 0.15) is 0 Å². The number of piperidine rings is 1. The molecule has 0 spiro atoms. The molecule has 0 radical (unpaired) electrons. The number of nitrogens with one attached hydrogen (secondary N) is 1. The minimum absolute atomic E-state index is 0.0747. The fourth-order valence-corrected chi connectivity index (χ4v) is 2.67. The SMILES string of the molecule is COCCN(Cc1ccccn1)C(=O)C1CC(C)CCN1. The van der Waals surface area contributed by atoms with E-state index in [9.17, 15) is 4.79 Å². The second-order valence-corrected chi connectivity index (χ2v) is 5.71. The number of nitrogens with zero attached hydrogens (tertiary/aromatic N) is 2. The van der Waals surface area contributed by atoms with Crippen molar-refractivity contribution in [3.63, 3.8) is 0 Å². The van der Waals surface area contributed by atoms with Crippen molar-refractivity contribution in [2.45, 2.75) is 32.4 Å². The number of hydrogen-bond donors (Lipinski definition) is 1. The van der Waals surface area contributed by atoms with Crippen LogP contribution in [-0.4, -0.2) is 48.6 Å². The molecule has 1 fully saturated rings. The van der Waals surface area contributed by atoms with Gasteiger partial charge in [0.2, 0.25) is 5.91 Å². The topological polar surface area (TPSA) is 54.5 Å². The molecule has 1 aromatic heterocycles. The van der Waals surface area contributed by atoms with Gasteiger partial charge in [-0.3, -0.25) is 9.78 Å². The third kappa shape index (κ3) is 4.79. The zero-order chi connectivity index (χ0) is 15.1. The lowest BCUT2D eigenvalue weighted by Crippen LogP contribution is -2.50. The molecule has 0 bridgehead atoms. The second kappa shape index (κ2) is 8.10. The van der Waals surface area contributed by atoms with Gasteiger partial charge in [0.25, 0.3) is 0 Å². The average Bonchev–Trinajstić information content (AvgIpc) is 2.51. The average molecular weight is 291 g/mol. The molecule has 21 heavy (non-hydrogen) atoms. The highest BCUT2D eigenvalue weighted by atomic mass is 16.5. The van der Waals surface area contributed by atoms with E-state index in [-0.39, 0.29) is 11.9 Å². The van der Waals surface area contributed by atoms with Crippen LogP contribution in [-0.2, 0) is 16.1 Å². The summed E-state index contributed by atoms with van der Waals surface area (Å²) in [6.45, 7) is 4.80. The molecule has 1 aliphatic heterocycles. The van der Waals surface area contributed by atoms with Crippen molar-refractivity contribution in [2.24, 2.45) is 5.92 Å². The zero-order valence-corrected chi connectivity index (χ0v) is 12.9. The number of aromatic nitrogens is 1. The van der Waals surface area contributed by atoms with Gasteiger partial charge >= 0.3 is 0 Å². The summed E-state index contributed by atoms with van der Waals surface area (Å²) in [5.41, 5.74) is 0.908. The van der Waals surface area contributed by atoms with Gasteiger partial charge in [0.05, 0.1) is 24.9 Å². The van der Waals surface area contributed by atoms with E-state index in [4.69, 9.17) is 4.74 Å². The minimum Gasteiger partial charge on any atom is -0.383 e. The van der Waals surface area contributed by atoms with Gasteiger partial charge in [-0.05, 0) is 37.4 Å². The molecule has 0 aromatic carbocycles. The number of hydrogen-bond acceptors (Lipinski definition) is 4. The lowest BCUT2D eigenvalue weighted by molar-refractivity contribution is -0.135. The standard InChI is InChI=1S/C16H25N3O2/c1-13-6-8-18-15(11-13)16(20)19(9-10-21-2)12-14-5-3-4-7-17-14/h3-5,7,13,15,18H,6,8-12H2,1-2H3. The Morgan fingerprint density at radius 1 is 1.52 bits per heavy atom. The lowest BCUT2D eigenvalue weighted by Gasteiger charge is -2.32. The molecule has 0 saturated carbocycles. The van der Waals surface area contributed by atoms with Crippen LogP contribution in [0.25, 0.3) is 0 Å². The van der Waals surface area contributed by atoms with Gasteiger partial charge in [-0.15, -0.1) is 0 Å². The summed E-state index contributed by atoms with van der Waals surface area (Å²) in [7, 11) is 1.66. The summed E-state index contributed by atoms with van der Waals surface area (Å²) >= 11 is 0. The van der Waals surface area contributed by atoms with E-state index in [2.05, 4.69) is 17.2 Å². The molecule has 1 N–H and O–H groups in total. The van der Waals surface area contributed by atoms with Crippen molar-refractivity contribution >= 4 is 5.91 Å². The summed E-state index contributed by atoms with van der Waals surface area (Å²) in [6.07, 6.45) is 3.81. The second-order valence-electron chi connectivity index (χ2n) is 5.71. The third-order valence-electron chi connectivity index (χ3n) is 3.92. The summed E-state index contributed by atoms with van der Waals surface area (Å²) in [4.78, 5) is 18.9. The number of ether oxygens (including phenoxy) is 1. The molecule has 0 aliphatic carbocycles. The number of pyridine rings is 1. The maximum Gasteiger partial charge on any atom is 0.240 e. The summed E-state index contributed by atoms with van der Waals surface area (Å²) < 4.78 is 5.13. The predicted octanol–water partition coefficient (Wildman–Crippen LogP) is 1.44. The highest BCUT2D eigenvalue weighted by molar-refractivity contribution is 5.82. The number of methoxy groups -OCH3 is 1. The number of amides is 1. The molecule has 5 nitrogen and oxygen atoms in total. The van der Waals surface area contributed by atoms with Crippen LogP contribution in [0.1, 0.15) is 25.5 Å². The van der Waals surface area contributed by atoms with Gasteiger partial charge in [-0.25, -0.2) is 0 Å². The van der Waals surface area contributed by atoms with E-state index >= 15 is 0 Å². The highest BCUT2D eigenvalue weighted by Crippen LogP contribution is 2.17. The van der Waals surface area contributed by atoms with Crippen LogP contribution in [0.4, 0.5) is 0 Å². The Morgan fingerprint density at radius 3 is 3.05 bits per heavy atom. The fourth-order valence-electron chi connectivity index (χ4n) is 2.67. The molecule has 2 rings (SSSR count).